The zero-order valence-corrected chi connectivity index (χ0v) is 15.9. The molecular weight excluding hydrogens is 340 g/mol. The Morgan fingerprint density at radius 1 is 1.26 bits per heavy atom. The molecule has 3 aromatic rings. The first-order valence-electron chi connectivity index (χ1n) is 9.61. The Labute approximate surface area is 158 Å². The quantitative estimate of drug-likeness (QED) is 0.752. The molecule has 0 amide bonds. The van der Waals surface area contributed by atoms with E-state index in [0.29, 0.717) is 6.54 Å². The zero-order valence-electron chi connectivity index (χ0n) is 15.9. The largest absolute Gasteiger partial charge is 0.343 e. The molecule has 7 heteroatoms. The van der Waals surface area contributed by atoms with Crippen molar-refractivity contribution in [1.82, 2.24) is 29.4 Å². The molecule has 0 aliphatic carbocycles. The third kappa shape index (κ3) is 3.60. The average molecular weight is 366 g/mol. The Balaban J connectivity index is 1.54. The molecule has 2 aromatic heterocycles. The predicted molar refractivity (Wildman–Crippen MR) is 104 cm³/mol. The predicted octanol–water partition coefficient (Wildman–Crippen LogP) is 2.37. The molecule has 142 valence electrons. The van der Waals surface area contributed by atoms with Crippen molar-refractivity contribution in [3.8, 4) is 11.3 Å². The van der Waals surface area contributed by atoms with Crippen LogP contribution in [0.25, 0.3) is 11.3 Å². The highest BCUT2D eigenvalue weighted by Crippen LogP contribution is 2.28. The minimum Gasteiger partial charge on any atom is -0.298 e. The summed E-state index contributed by atoms with van der Waals surface area (Å²) in [4.78, 5) is 14.4. The molecule has 0 bridgehead atoms. The third-order valence-electron chi connectivity index (χ3n) is 5.32. The molecule has 0 spiro atoms. The number of benzene rings is 1. The van der Waals surface area contributed by atoms with Crippen molar-refractivity contribution in [3.05, 3.63) is 58.4 Å². The molecule has 1 aromatic carbocycles. The summed E-state index contributed by atoms with van der Waals surface area (Å²) in [5.41, 5.74) is 3.32. The lowest BCUT2D eigenvalue weighted by atomic mass is 9.96. The summed E-state index contributed by atoms with van der Waals surface area (Å²) >= 11 is 0. The minimum absolute atomic E-state index is 0.108. The van der Waals surface area contributed by atoms with Crippen molar-refractivity contribution in [2.75, 3.05) is 13.1 Å². The van der Waals surface area contributed by atoms with E-state index in [0.717, 1.165) is 49.6 Å². The van der Waals surface area contributed by atoms with Gasteiger partial charge in [0.25, 0.3) is 0 Å². The number of H-pyrrole nitrogens is 1. The van der Waals surface area contributed by atoms with E-state index >= 15 is 0 Å². The molecule has 0 saturated carbocycles. The number of hydrogen-bond acceptors (Lipinski definition) is 4. The Hall–Kier alpha value is -2.67. The van der Waals surface area contributed by atoms with Crippen LogP contribution in [0, 0.1) is 0 Å². The van der Waals surface area contributed by atoms with Gasteiger partial charge in [-0.05, 0) is 26.3 Å². The fraction of sp³-hybridized carbons (Fsp3) is 0.450. The lowest BCUT2D eigenvalue weighted by molar-refractivity contribution is 0.194. The van der Waals surface area contributed by atoms with E-state index in [2.05, 4.69) is 38.5 Å². The second-order valence-corrected chi connectivity index (χ2v) is 7.25. The number of piperidine rings is 1. The fourth-order valence-corrected chi connectivity index (χ4v) is 4.09. The van der Waals surface area contributed by atoms with Crippen molar-refractivity contribution in [3.63, 3.8) is 0 Å². The van der Waals surface area contributed by atoms with E-state index in [1.54, 1.807) is 4.57 Å². The van der Waals surface area contributed by atoms with Gasteiger partial charge in [0.15, 0.2) is 0 Å². The Kier molecular flexibility index (Phi) is 4.94. The molecule has 0 unspecified atom stereocenters. The lowest BCUT2D eigenvalue weighted by Gasteiger charge is -2.32. The number of nitrogens with zero attached hydrogens (tertiary/aromatic N) is 5. The molecule has 1 atom stereocenters. The highest BCUT2D eigenvalue weighted by atomic mass is 16.1. The number of likely N-dealkylation sites (tertiary alicyclic amines) is 1. The van der Waals surface area contributed by atoms with Crippen molar-refractivity contribution >= 4 is 0 Å². The van der Waals surface area contributed by atoms with Crippen LogP contribution in [0.5, 0.6) is 0 Å². The maximum absolute atomic E-state index is 11.9. The summed E-state index contributed by atoms with van der Waals surface area (Å²) in [6.45, 7) is 5.47. The van der Waals surface area contributed by atoms with Crippen LogP contribution in [0.2, 0.25) is 0 Å². The Morgan fingerprint density at radius 2 is 2.07 bits per heavy atom. The van der Waals surface area contributed by atoms with E-state index in [1.807, 2.05) is 36.9 Å². The second kappa shape index (κ2) is 7.52. The van der Waals surface area contributed by atoms with E-state index in [4.69, 9.17) is 0 Å². The minimum atomic E-state index is -0.108. The number of aromatic nitrogens is 5. The van der Waals surface area contributed by atoms with Gasteiger partial charge in [-0.3, -0.25) is 14.1 Å². The summed E-state index contributed by atoms with van der Waals surface area (Å²) in [7, 11) is 1.97. The van der Waals surface area contributed by atoms with Crippen molar-refractivity contribution in [2.45, 2.75) is 38.8 Å². The molecule has 1 aliphatic rings. The van der Waals surface area contributed by atoms with Gasteiger partial charge in [-0.25, -0.2) is 9.89 Å². The molecule has 27 heavy (non-hydrogen) atoms. The topological polar surface area (TPSA) is 71.7 Å². The Bertz CT molecular complexity index is 955. The molecule has 1 N–H and O–H groups in total. The number of nitrogens with one attached hydrogen (secondary N) is 1. The van der Waals surface area contributed by atoms with Crippen molar-refractivity contribution in [1.29, 1.82) is 0 Å². The first kappa shape index (κ1) is 17.7. The lowest BCUT2D eigenvalue weighted by Crippen LogP contribution is -2.35. The second-order valence-electron chi connectivity index (χ2n) is 7.25. The molecule has 1 fully saturated rings. The van der Waals surface area contributed by atoms with Gasteiger partial charge in [-0.15, -0.1) is 0 Å². The number of hydrogen-bond donors (Lipinski definition) is 1. The van der Waals surface area contributed by atoms with E-state index in [-0.39, 0.29) is 11.6 Å². The normalized spacial score (nSPS) is 18.1. The summed E-state index contributed by atoms with van der Waals surface area (Å²) < 4.78 is 3.65. The smallest absolute Gasteiger partial charge is 0.298 e. The van der Waals surface area contributed by atoms with Gasteiger partial charge in [-0.1, -0.05) is 30.3 Å². The summed E-state index contributed by atoms with van der Waals surface area (Å²) in [5.74, 6) is 1.18. The van der Waals surface area contributed by atoms with Crippen LogP contribution in [-0.4, -0.2) is 42.5 Å². The monoisotopic (exact) mass is 366 g/mol. The molecule has 7 nitrogen and oxygen atoms in total. The number of rotatable bonds is 5. The molecule has 0 radical (unpaired) electrons. The molecule has 3 heterocycles. The molecule has 4 rings (SSSR count). The standard InChI is InChI=1S/C20H26N6O/c1-3-26-19(21-22-20(26)27)16-10-7-11-25(13-16)14-17-12-24(2)23-18(17)15-8-5-4-6-9-15/h4-6,8-9,12,16H,3,7,10-11,13-14H2,1-2H3,(H,22,27)/t16-/m1/s1. The first-order chi connectivity index (χ1) is 13.2. The van der Waals surface area contributed by atoms with Crippen LogP contribution in [0.1, 0.15) is 37.1 Å². The molecule has 1 aliphatic heterocycles. The summed E-state index contributed by atoms with van der Waals surface area (Å²) in [6, 6.07) is 10.3. The first-order valence-corrected chi connectivity index (χ1v) is 9.61. The average Bonchev–Trinajstić information content (AvgIpc) is 3.24. The highest BCUT2D eigenvalue weighted by Gasteiger charge is 2.26. The van der Waals surface area contributed by atoms with Gasteiger partial charge in [0.2, 0.25) is 0 Å². The van der Waals surface area contributed by atoms with E-state index in [1.165, 1.54) is 5.56 Å². The van der Waals surface area contributed by atoms with Crippen molar-refractivity contribution < 1.29 is 0 Å². The number of aromatic amines is 1. The van der Waals surface area contributed by atoms with Crippen molar-refractivity contribution in [2.24, 2.45) is 7.05 Å². The van der Waals surface area contributed by atoms with Crippen LogP contribution in [0.3, 0.4) is 0 Å². The van der Waals surface area contributed by atoms with Crippen LogP contribution in [0.4, 0.5) is 0 Å². The van der Waals surface area contributed by atoms with E-state index < -0.39 is 0 Å². The van der Waals surface area contributed by atoms with Crippen LogP contribution < -0.4 is 5.69 Å². The zero-order chi connectivity index (χ0) is 18.8. The van der Waals surface area contributed by atoms with Gasteiger partial charge in [0, 0.05) is 49.9 Å². The summed E-state index contributed by atoms with van der Waals surface area (Å²) in [6.07, 6.45) is 4.29. The van der Waals surface area contributed by atoms with Crippen LogP contribution in [0.15, 0.2) is 41.3 Å². The highest BCUT2D eigenvalue weighted by molar-refractivity contribution is 5.62. The van der Waals surface area contributed by atoms with Crippen LogP contribution >= 0.6 is 0 Å². The molecular formula is C20H26N6O. The SMILES string of the molecule is CCn1c([C@@H]2CCCN(Cc3cn(C)nc3-c3ccccc3)C2)n[nH]c1=O. The number of aryl methyl sites for hydroxylation is 1. The molecule has 1 saturated heterocycles. The maximum Gasteiger partial charge on any atom is 0.343 e. The van der Waals surface area contributed by atoms with E-state index in [9.17, 15) is 4.79 Å². The maximum atomic E-state index is 11.9. The van der Waals surface area contributed by atoms with Gasteiger partial charge in [0.05, 0.1) is 5.69 Å². The van der Waals surface area contributed by atoms with Crippen LogP contribution in [-0.2, 0) is 20.1 Å². The third-order valence-corrected chi connectivity index (χ3v) is 5.32. The Morgan fingerprint density at radius 3 is 2.85 bits per heavy atom. The summed E-state index contributed by atoms with van der Waals surface area (Å²) in [5, 5.41) is 11.6. The van der Waals surface area contributed by atoms with Gasteiger partial charge in [-0.2, -0.15) is 10.2 Å². The van der Waals surface area contributed by atoms with Gasteiger partial charge < -0.3 is 0 Å². The van der Waals surface area contributed by atoms with Gasteiger partial charge in [0.1, 0.15) is 5.82 Å². The fourth-order valence-electron chi connectivity index (χ4n) is 4.09. The van der Waals surface area contributed by atoms with Gasteiger partial charge >= 0.3 is 5.69 Å².